The van der Waals surface area contributed by atoms with Crippen LogP contribution in [-0.4, -0.2) is 4.98 Å². The van der Waals surface area contributed by atoms with Crippen molar-refractivity contribution in [2.75, 3.05) is 0 Å². The van der Waals surface area contributed by atoms with Gasteiger partial charge in [-0.2, -0.15) is 0 Å². The van der Waals surface area contributed by atoms with E-state index in [1.54, 1.807) is 30.5 Å². The number of benzene rings is 1. The fourth-order valence-electron chi connectivity index (χ4n) is 1.56. The minimum Gasteiger partial charge on any atom is -0.255 e. The monoisotopic (exact) mass is 247 g/mol. The average molecular weight is 248 g/mol. The van der Waals surface area contributed by atoms with Crippen LogP contribution in [-0.2, 0) is 0 Å². The van der Waals surface area contributed by atoms with Gasteiger partial charge in [0.05, 0.1) is 10.7 Å². The Kier molecular flexibility index (Phi) is 3.25. The number of aromatic nitrogens is 1. The molecule has 1 aromatic carbocycles. The van der Waals surface area contributed by atoms with Gasteiger partial charge >= 0.3 is 0 Å². The molecule has 0 fully saturated rings. The molecule has 0 unspecified atom stereocenters. The van der Waals surface area contributed by atoms with Gasteiger partial charge in [-0.1, -0.05) is 30.3 Å². The maximum absolute atomic E-state index is 13.6. The maximum atomic E-state index is 13.6. The summed E-state index contributed by atoms with van der Waals surface area (Å²) < 4.78 is 13.6. The summed E-state index contributed by atoms with van der Waals surface area (Å²) in [6, 6.07) is 8.14. The number of pyridine rings is 1. The molecule has 0 radical (unpaired) electrons. The summed E-state index contributed by atoms with van der Waals surface area (Å²) in [7, 11) is 0. The maximum Gasteiger partial charge on any atom is 0.132 e. The molecule has 1 nitrogen and oxygen atoms in total. The van der Waals surface area contributed by atoms with Gasteiger partial charge < -0.3 is 0 Å². The summed E-state index contributed by atoms with van der Waals surface area (Å²) in [6.07, 6.45) is 1.62. The minimum absolute atomic E-state index is 0.306. The Labute approximate surface area is 105 Å². The summed E-state index contributed by atoms with van der Waals surface area (Å²) in [6.45, 7) is 5.66. The lowest BCUT2D eigenvalue weighted by Crippen LogP contribution is -1.90. The molecule has 17 heavy (non-hydrogen) atoms. The van der Waals surface area contributed by atoms with Gasteiger partial charge in [0.2, 0.25) is 0 Å². The molecule has 0 saturated heterocycles. The molecular weight excluding hydrogens is 237 g/mol. The lowest BCUT2D eigenvalue weighted by Gasteiger charge is -2.06. The van der Waals surface area contributed by atoms with Gasteiger partial charge in [-0.15, -0.1) is 0 Å². The van der Waals surface area contributed by atoms with E-state index >= 15 is 0 Å². The summed E-state index contributed by atoms with van der Waals surface area (Å²) >= 11 is 6.10. The van der Waals surface area contributed by atoms with Gasteiger partial charge in [0, 0.05) is 17.3 Å². The van der Waals surface area contributed by atoms with Crippen molar-refractivity contribution in [1.82, 2.24) is 4.98 Å². The van der Waals surface area contributed by atoms with Crippen molar-refractivity contribution in [2.24, 2.45) is 0 Å². The van der Waals surface area contributed by atoms with E-state index in [0.717, 1.165) is 11.1 Å². The Hall–Kier alpha value is -1.67. The topological polar surface area (TPSA) is 12.9 Å². The van der Waals surface area contributed by atoms with Crippen LogP contribution in [0.15, 0.2) is 43.1 Å². The largest absolute Gasteiger partial charge is 0.255 e. The van der Waals surface area contributed by atoms with E-state index in [1.165, 1.54) is 6.07 Å². The van der Waals surface area contributed by atoms with Crippen molar-refractivity contribution < 1.29 is 4.39 Å². The van der Waals surface area contributed by atoms with E-state index in [4.69, 9.17) is 11.6 Å². The van der Waals surface area contributed by atoms with Gasteiger partial charge in [-0.25, -0.2) is 4.39 Å². The van der Waals surface area contributed by atoms with Crippen LogP contribution in [0.25, 0.3) is 16.8 Å². The first-order valence-corrected chi connectivity index (χ1v) is 5.53. The van der Waals surface area contributed by atoms with Gasteiger partial charge in [0.1, 0.15) is 5.82 Å². The number of hydrogen-bond donors (Lipinski definition) is 0. The highest BCUT2D eigenvalue weighted by atomic mass is 35.5. The number of hydrogen-bond acceptors (Lipinski definition) is 1. The zero-order chi connectivity index (χ0) is 12.4. The van der Waals surface area contributed by atoms with E-state index in [2.05, 4.69) is 11.6 Å². The van der Waals surface area contributed by atoms with Crippen molar-refractivity contribution >= 4 is 17.2 Å². The third kappa shape index (κ3) is 2.37. The molecular formula is C14H11ClFN. The smallest absolute Gasteiger partial charge is 0.132 e. The third-order valence-corrected chi connectivity index (χ3v) is 2.78. The third-order valence-electron chi connectivity index (χ3n) is 2.46. The Balaban J connectivity index is 2.52. The van der Waals surface area contributed by atoms with Crippen molar-refractivity contribution in [2.45, 2.75) is 6.92 Å². The van der Waals surface area contributed by atoms with E-state index in [1.807, 2.05) is 6.92 Å². The zero-order valence-electron chi connectivity index (χ0n) is 9.37. The molecule has 0 amide bonds. The molecule has 86 valence electrons. The molecule has 1 aromatic heterocycles. The van der Waals surface area contributed by atoms with Crippen LogP contribution in [0.1, 0.15) is 12.5 Å². The first-order valence-electron chi connectivity index (χ1n) is 5.16. The molecule has 0 N–H and O–H groups in total. The van der Waals surface area contributed by atoms with Gasteiger partial charge in [0.25, 0.3) is 0 Å². The molecule has 0 bridgehead atoms. The Morgan fingerprint density at radius 2 is 2.06 bits per heavy atom. The Bertz CT molecular complexity index is 578. The van der Waals surface area contributed by atoms with E-state index in [0.29, 0.717) is 16.3 Å². The van der Waals surface area contributed by atoms with Gasteiger partial charge in [0.15, 0.2) is 0 Å². The number of allylic oxidation sites excluding steroid dienone is 1. The van der Waals surface area contributed by atoms with Gasteiger partial charge in [-0.3, -0.25) is 4.98 Å². The highest BCUT2D eigenvalue weighted by Gasteiger charge is 2.08. The first kappa shape index (κ1) is 11.8. The molecule has 2 rings (SSSR count). The second kappa shape index (κ2) is 4.68. The second-order valence-electron chi connectivity index (χ2n) is 3.81. The minimum atomic E-state index is -0.306. The van der Waals surface area contributed by atoms with Crippen LogP contribution in [0.3, 0.4) is 0 Å². The quantitative estimate of drug-likeness (QED) is 0.757. The molecule has 0 saturated carbocycles. The molecule has 0 aliphatic heterocycles. The van der Waals surface area contributed by atoms with Gasteiger partial charge in [-0.05, 0) is 30.7 Å². The molecule has 3 heteroatoms. The summed E-state index contributed by atoms with van der Waals surface area (Å²) in [4.78, 5) is 4.21. The SMILES string of the molecule is C=C(C)c1cnc(-c2ccccc2F)cc1Cl. The summed E-state index contributed by atoms with van der Waals surface area (Å²) in [5.41, 5.74) is 2.59. The van der Waals surface area contributed by atoms with Crippen molar-refractivity contribution in [1.29, 1.82) is 0 Å². The van der Waals surface area contributed by atoms with Crippen molar-refractivity contribution in [3.8, 4) is 11.3 Å². The second-order valence-corrected chi connectivity index (χ2v) is 4.22. The van der Waals surface area contributed by atoms with E-state index in [9.17, 15) is 4.39 Å². The summed E-state index contributed by atoms with van der Waals surface area (Å²) in [5.74, 6) is -0.306. The molecule has 2 aromatic rings. The Morgan fingerprint density at radius 3 is 2.65 bits per heavy atom. The molecule has 0 aliphatic rings. The van der Waals surface area contributed by atoms with Crippen LogP contribution in [0, 0.1) is 5.82 Å². The highest BCUT2D eigenvalue weighted by molar-refractivity contribution is 6.32. The lowest BCUT2D eigenvalue weighted by atomic mass is 10.1. The van der Waals surface area contributed by atoms with Crippen LogP contribution < -0.4 is 0 Å². The standard InChI is InChI=1S/C14H11ClFN/c1-9(2)11-8-17-14(7-12(11)15)10-5-3-4-6-13(10)16/h3-8H,1H2,2H3. The van der Waals surface area contributed by atoms with Crippen LogP contribution >= 0.6 is 11.6 Å². The lowest BCUT2D eigenvalue weighted by molar-refractivity contribution is 0.631. The fraction of sp³-hybridized carbons (Fsp3) is 0.0714. The molecule has 0 atom stereocenters. The van der Waals surface area contributed by atoms with Crippen molar-refractivity contribution in [3.63, 3.8) is 0 Å². The normalized spacial score (nSPS) is 10.3. The zero-order valence-corrected chi connectivity index (χ0v) is 10.1. The molecule has 0 aliphatic carbocycles. The van der Waals surface area contributed by atoms with Crippen LogP contribution in [0.2, 0.25) is 5.02 Å². The predicted octanol–water partition coefficient (Wildman–Crippen LogP) is 4.57. The predicted molar refractivity (Wildman–Crippen MR) is 69.3 cm³/mol. The van der Waals surface area contributed by atoms with Crippen LogP contribution in [0.4, 0.5) is 4.39 Å². The number of nitrogens with zero attached hydrogens (tertiary/aromatic N) is 1. The van der Waals surface area contributed by atoms with E-state index in [-0.39, 0.29) is 5.82 Å². The average Bonchev–Trinajstić information content (AvgIpc) is 2.29. The fourth-order valence-corrected chi connectivity index (χ4v) is 1.87. The van der Waals surface area contributed by atoms with Crippen molar-refractivity contribution in [3.05, 3.63) is 59.5 Å². The summed E-state index contributed by atoms with van der Waals surface area (Å²) in [5, 5.41) is 0.533. The van der Waals surface area contributed by atoms with E-state index < -0.39 is 0 Å². The van der Waals surface area contributed by atoms with Crippen LogP contribution in [0.5, 0.6) is 0 Å². The number of rotatable bonds is 2. The molecule has 0 spiro atoms. The number of halogens is 2. The Morgan fingerprint density at radius 1 is 1.35 bits per heavy atom. The first-order chi connectivity index (χ1) is 8.09. The highest BCUT2D eigenvalue weighted by Crippen LogP contribution is 2.27. The molecule has 1 heterocycles.